The highest BCUT2D eigenvalue weighted by Gasteiger charge is 2.11. The maximum Gasteiger partial charge on any atom is 0.182 e. The number of fused-ring (bicyclic) bond motifs is 1. The molecule has 0 radical (unpaired) electrons. The molecule has 0 aliphatic rings. The van der Waals surface area contributed by atoms with Gasteiger partial charge in [0.25, 0.3) is 0 Å². The lowest BCUT2D eigenvalue weighted by atomic mass is 10.2. The first-order chi connectivity index (χ1) is 7.36. The van der Waals surface area contributed by atoms with Crippen LogP contribution in [0.1, 0.15) is 0 Å². The lowest BCUT2D eigenvalue weighted by molar-refractivity contribution is 0.338. The SMILES string of the molecule is Oc1ccccc1-n1oc2ccccc21. The molecule has 0 unspecified atom stereocenters. The van der Waals surface area contributed by atoms with E-state index < -0.39 is 0 Å². The van der Waals surface area contributed by atoms with Gasteiger partial charge in [-0.05, 0) is 24.3 Å². The summed E-state index contributed by atoms with van der Waals surface area (Å²) in [6.45, 7) is 0. The molecular formula is C12H9NO2. The monoisotopic (exact) mass is 199 g/mol. The summed E-state index contributed by atoms with van der Waals surface area (Å²) >= 11 is 0. The molecule has 0 saturated heterocycles. The van der Waals surface area contributed by atoms with E-state index in [1.165, 1.54) is 0 Å². The van der Waals surface area contributed by atoms with E-state index in [-0.39, 0.29) is 5.75 Å². The summed E-state index contributed by atoms with van der Waals surface area (Å²) in [4.78, 5) is 0. The van der Waals surface area contributed by atoms with Crippen molar-refractivity contribution in [2.75, 3.05) is 0 Å². The van der Waals surface area contributed by atoms with Gasteiger partial charge in [0.15, 0.2) is 5.58 Å². The average Bonchev–Trinajstić information content (AvgIpc) is 2.23. The van der Waals surface area contributed by atoms with E-state index in [4.69, 9.17) is 4.52 Å². The zero-order valence-corrected chi connectivity index (χ0v) is 7.92. The van der Waals surface area contributed by atoms with Crippen LogP contribution in [0.2, 0.25) is 0 Å². The first-order valence-corrected chi connectivity index (χ1v) is 4.71. The van der Waals surface area contributed by atoms with Crippen LogP contribution in [0.3, 0.4) is 0 Å². The summed E-state index contributed by atoms with van der Waals surface area (Å²) in [5, 5.41) is 9.65. The van der Waals surface area contributed by atoms with Crippen LogP contribution in [0.15, 0.2) is 53.1 Å². The second-order valence-corrected chi connectivity index (χ2v) is 3.34. The fourth-order valence-corrected chi connectivity index (χ4v) is 1.63. The van der Waals surface area contributed by atoms with Crippen molar-refractivity contribution < 1.29 is 9.63 Å². The van der Waals surface area contributed by atoms with Crippen molar-refractivity contribution in [1.82, 2.24) is 4.74 Å². The second-order valence-electron chi connectivity index (χ2n) is 3.34. The molecule has 3 rings (SSSR count). The number of aromatic hydroxyl groups is 1. The molecule has 2 aromatic carbocycles. The van der Waals surface area contributed by atoms with Crippen LogP contribution in [-0.4, -0.2) is 9.85 Å². The number of para-hydroxylation sites is 4. The van der Waals surface area contributed by atoms with Gasteiger partial charge in [0.2, 0.25) is 0 Å². The molecule has 3 nitrogen and oxygen atoms in total. The third-order valence-corrected chi connectivity index (χ3v) is 2.37. The van der Waals surface area contributed by atoms with Crippen LogP contribution in [0.4, 0.5) is 0 Å². The van der Waals surface area contributed by atoms with Gasteiger partial charge in [-0.3, -0.25) is 0 Å². The molecular weight excluding hydrogens is 190 g/mol. The Hall–Kier alpha value is -2.16. The predicted molar refractivity (Wildman–Crippen MR) is 57.2 cm³/mol. The first-order valence-electron chi connectivity index (χ1n) is 4.71. The second kappa shape index (κ2) is 2.92. The van der Waals surface area contributed by atoms with Gasteiger partial charge in [0.1, 0.15) is 17.0 Å². The van der Waals surface area contributed by atoms with Crippen molar-refractivity contribution in [2.24, 2.45) is 0 Å². The molecule has 0 amide bonds. The Morgan fingerprint density at radius 1 is 0.933 bits per heavy atom. The van der Waals surface area contributed by atoms with Crippen LogP contribution in [0.25, 0.3) is 16.8 Å². The Morgan fingerprint density at radius 3 is 2.47 bits per heavy atom. The van der Waals surface area contributed by atoms with Crippen LogP contribution in [0, 0.1) is 0 Å². The molecule has 3 aromatic rings. The molecule has 0 atom stereocenters. The van der Waals surface area contributed by atoms with Crippen molar-refractivity contribution in [3.63, 3.8) is 0 Å². The van der Waals surface area contributed by atoms with E-state index in [2.05, 4.69) is 0 Å². The molecule has 0 fully saturated rings. The number of nitrogens with zero attached hydrogens (tertiary/aromatic N) is 1. The minimum atomic E-state index is 0.215. The largest absolute Gasteiger partial charge is 0.506 e. The summed E-state index contributed by atoms with van der Waals surface area (Å²) in [5.41, 5.74) is 2.47. The van der Waals surface area contributed by atoms with Gasteiger partial charge in [-0.1, -0.05) is 24.3 Å². The number of phenols is 1. The van der Waals surface area contributed by atoms with Crippen molar-refractivity contribution in [2.45, 2.75) is 0 Å². The van der Waals surface area contributed by atoms with Crippen LogP contribution in [-0.2, 0) is 0 Å². The zero-order valence-electron chi connectivity index (χ0n) is 7.92. The summed E-state index contributed by atoms with van der Waals surface area (Å²) in [6, 6.07) is 14.8. The van der Waals surface area contributed by atoms with E-state index in [1.54, 1.807) is 16.9 Å². The Bertz CT molecular complexity index is 607. The third kappa shape index (κ3) is 1.13. The van der Waals surface area contributed by atoms with Gasteiger partial charge in [0, 0.05) is 0 Å². The third-order valence-electron chi connectivity index (χ3n) is 2.37. The molecule has 1 N–H and O–H groups in total. The predicted octanol–water partition coefficient (Wildman–Crippen LogP) is 2.93. The highest BCUT2D eigenvalue weighted by atomic mass is 16.5. The molecule has 0 saturated carbocycles. The molecule has 0 aliphatic carbocycles. The van der Waals surface area contributed by atoms with Crippen molar-refractivity contribution >= 4 is 11.1 Å². The number of phenolic OH excluding ortho intramolecular Hbond substituents is 1. The van der Waals surface area contributed by atoms with Gasteiger partial charge >= 0.3 is 0 Å². The maximum absolute atomic E-state index is 9.65. The standard InChI is InChI=1S/C12H9NO2/c14-11-7-3-1-5-9(11)13-10-6-2-4-8-12(10)15-13/h1-8,14H. The number of hydrogen-bond donors (Lipinski definition) is 1. The average molecular weight is 199 g/mol. The topological polar surface area (TPSA) is 38.3 Å². The molecule has 15 heavy (non-hydrogen) atoms. The van der Waals surface area contributed by atoms with Gasteiger partial charge < -0.3 is 9.63 Å². The van der Waals surface area contributed by atoms with Crippen molar-refractivity contribution in [3.05, 3.63) is 48.5 Å². The molecule has 74 valence electrons. The Morgan fingerprint density at radius 2 is 1.67 bits per heavy atom. The van der Waals surface area contributed by atoms with Crippen LogP contribution in [0.5, 0.6) is 5.75 Å². The van der Waals surface area contributed by atoms with E-state index in [1.807, 2.05) is 36.4 Å². The smallest absolute Gasteiger partial charge is 0.182 e. The van der Waals surface area contributed by atoms with E-state index in [0.717, 1.165) is 11.1 Å². The van der Waals surface area contributed by atoms with Crippen LogP contribution < -0.4 is 0 Å². The lowest BCUT2D eigenvalue weighted by Gasteiger charge is -2.14. The number of rotatable bonds is 1. The first kappa shape index (κ1) is 8.17. The van der Waals surface area contributed by atoms with Gasteiger partial charge in [0.05, 0.1) is 0 Å². The number of aromatic nitrogens is 1. The minimum absolute atomic E-state index is 0.215. The molecule has 0 bridgehead atoms. The van der Waals surface area contributed by atoms with Crippen LogP contribution >= 0.6 is 0 Å². The van der Waals surface area contributed by atoms with Gasteiger partial charge in [-0.15, -0.1) is 0 Å². The summed E-state index contributed by atoms with van der Waals surface area (Å²) in [5.74, 6) is 0.215. The maximum atomic E-state index is 9.65. The fourth-order valence-electron chi connectivity index (χ4n) is 1.63. The number of benzene rings is 2. The summed E-state index contributed by atoms with van der Waals surface area (Å²) in [6.07, 6.45) is 0. The minimum Gasteiger partial charge on any atom is -0.506 e. The lowest BCUT2D eigenvalue weighted by Crippen LogP contribution is -2.01. The molecule has 3 heteroatoms. The molecule has 0 aliphatic heterocycles. The number of hydrogen-bond acceptors (Lipinski definition) is 2. The normalized spacial score (nSPS) is 10.9. The van der Waals surface area contributed by atoms with Crippen molar-refractivity contribution in [3.8, 4) is 11.4 Å². The molecule has 1 aromatic heterocycles. The van der Waals surface area contributed by atoms with E-state index >= 15 is 0 Å². The quantitative estimate of drug-likeness (QED) is 0.654. The Labute approximate surface area is 86.1 Å². The van der Waals surface area contributed by atoms with Gasteiger partial charge in [-0.2, -0.15) is 4.74 Å². The van der Waals surface area contributed by atoms with E-state index in [9.17, 15) is 5.11 Å². The van der Waals surface area contributed by atoms with E-state index in [0.29, 0.717) is 5.69 Å². The summed E-state index contributed by atoms with van der Waals surface area (Å²) < 4.78 is 7.04. The van der Waals surface area contributed by atoms with Crippen molar-refractivity contribution in [1.29, 1.82) is 0 Å². The van der Waals surface area contributed by atoms with Gasteiger partial charge in [-0.25, -0.2) is 0 Å². The molecule has 0 spiro atoms. The Kier molecular flexibility index (Phi) is 1.59. The Balaban J connectivity index is 2.21. The molecule has 1 heterocycles. The highest BCUT2D eigenvalue weighted by molar-refractivity contribution is 5.76. The zero-order chi connectivity index (χ0) is 10.3. The summed E-state index contributed by atoms with van der Waals surface area (Å²) in [7, 11) is 0. The highest BCUT2D eigenvalue weighted by Crippen LogP contribution is 2.28. The fraction of sp³-hybridized carbons (Fsp3) is 0.